The van der Waals surface area contributed by atoms with Gasteiger partial charge < -0.3 is 30.2 Å². The van der Waals surface area contributed by atoms with Gasteiger partial charge in [-0.15, -0.1) is 5.98 Å². The van der Waals surface area contributed by atoms with E-state index >= 15 is 0 Å². The number of amides is 2. The normalized spacial score (nSPS) is 11.9. The standard InChI is InChI=1S/C20H30BN3O5/c1-16(28-12-11-27-15-19(25)23-8-4-7-21)14-29-18-6-3-5-17(13-18)20(26)24-10-9-22-2/h3-7,13,16,22H,8-12,14-15H2,1-2H3,(H,23,25)(H,24,26)/b7-4+. The second kappa shape index (κ2) is 15.6. The number of hydrogen-bond donors (Lipinski definition) is 3. The second-order valence-electron chi connectivity index (χ2n) is 6.16. The van der Waals surface area contributed by atoms with Gasteiger partial charge in [-0.25, -0.2) is 0 Å². The van der Waals surface area contributed by atoms with Crippen molar-refractivity contribution in [3.05, 3.63) is 41.9 Å². The Morgan fingerprint density at radius 1 is 1.21 bits per heavy atom. The van der Waals surface area contributed by atoms with Crippen LogP contribution in [0.15, 0.2) is 36.3 Å². The van der Waals surface area contributed by atoms with Crippen LogP contribution in [0.1, 0.15) is 17.3 Å². The van der Waals surface area contributed by atoms with E-state index in [1.807, 2.05) is 14.0 Å². The molecule has 1 rings (SSSR count). The minimum atomic E-state index is -0.214. The average Bonchev–Trinajstić information content (AvgIpc) is 2.72. The van der Waals surface area contributed by atoms with Crippen LogP contribution in [0.25, 0.3) is 0 Å². The third-order valence-electron chi connectivity index (χ3n) is 3.66. The topological polar surface area (TPSA) is 97.9 Å². The molecule has 29 heavy (non-hydrogen) atoms. The van der Waals surface area contributed by atoms with Crippen LogP contribution >= 0.6 is 0 Å². The molecule has 0 aliphatic carbocycles. The van der Waals surface area contributed by atoms with E-state index in [4.69, 9.17) is 22.1 Å². The fourth-order valence-electron chi connectivity index (χ4n) is 2.16. The van der Waals surface area contributed by atoms with Crippen molar-refractivity contribution >= 4 is 19.7 Å². The molecule has 1 aromatic rings. The minimum Gasteiger partial charge on any atom is -0.491 e. The van der Waals surface area contributed by atoms with Crippen molar-refractivity contribution in [3.63, 3.8) is 0 Å². The predicted octanol–water partition coefficient (Wildman–Crippen LogP) is 0.235. The maximum Gasteiger partial charge on any atom is 0.251 e. The molecule has 3 N–H and O–H groups in total. The highest BCUT2D eigenvalue weighted by atomic mass is 16.6. The number of rotatable bonds is 15. The number of hydrogen-bond acceptors (Lipinski definition) is 6. The Hall–Kier alpha value is -2.36. The van der Waals surface area contributed by atoms with E-state index in [1.165, 1.54) is 5.98 Å². The molecule has 2 amide bonds. The van der Waals surface area contributed by atoms with Crippen LogP contribution in [0.3, 0.4) is 0 Å². The van der Waals surface area contributed by atoms with Crippen LogP contribution < -0.4 is 20.7 Å². The fourth-order valence-corrected chi connectivity index (χ4v) is 2.16. The second-order valence-corrected chi connectivity index (χ2v) is 6.16. The summed E-state index contributed by atoms with van der Waals surface area (Å²) in [5.41, 5.74) is 0.542. The minimum absolute atomic E-state index is 0.0319. The first-order valence-corrected chi connectivity index (χ1v) is 9.55. The molecule has 0 saturated carbocycles. The highest BCUT2D eigenvalue weighted by Crippen LogP contribution is 2.14. The zero-order valence-electron chi connectivity index (χ0n) is 17.1. The Morgan fingerprint density at radius 2 is 2.03 bits per heavy atom. The van der Waals surface area contributed by atoms with E-state index in [2.05, 4.69) is 16.0 Å². The summed E-state index contributed by atoms with van der Waals surface area (Å²) in [6, 6.07) is 7.00. The Bertz CT molecular complexity index is 642. The Labute approximate surface area is 173 Å². The largest absolute Gasteiger partial charge is 0.491 e. The lowest BCUT2D eigenvalue weighted by molar-refractivity contribution is -0.126. The first kappa shape index (κ1) is 24.7. The molecule has 0 aliphatic heterocycles. The van der Waals surface area contributed by atoms with Gasteiger partial charge in [0, 0.05) is 25.2 Å². The summed E-state index contributed by atoms with van der Waals surface area (Å²) in [6.07, 6.45) is 1.46. The molecule has 8 nitrogen and oxygen atoms in total. The summed E-state index contributed by atoms with van der Waals surface area (Å²) in [5, 5.41) is 8.42. The van der Waals surface area contributed by atoms with Gasteiger partial charge in [0.25, 0.3) is 5.91 Å². The number of ether oxygens (including phenoxy) is 3. The maximum atomic E-state index is 12.1. The van der Waals surface area contributed by atoms with Gasteiger partial charge in [-0.3, -0.25) is 9.59 Å². The van der Waals surface area contributed by atoms with Crippen LogP contribution in [0.4, 0.5) is 0 Å². The molecule has 0 spiro atoms. The van der Waals surface area contributed by atoms with E-state index < -0.39 is 0 Å². The molecule has 0 fully saturated rings. The van der Waals surface area contributed by atoms with Crippen LogP contribution in [0, 0.1) is 0 Å². The Kier molecular flexibility index (Phi) is 13.2. The van der Waals surface area contributed by atoms with Crippen molar-refractivity contribution in [3.8, 4) is 5.75 Å². The number of benzene rings is 1. The molecule has 9 heteroatoms. The highest BCUT2D eigenvalue weighted by molar-refractivity contribution is 6.17. The molecular weight excluding hydrogens is 373 g/mol. The molecular formula is C20H30BN3O5. The van der Waals surface area contributed by atoms with Crippen molar-refractivity contribution in [2.75, 3.05) is 53.1 Å². The van der Waals surface area contributed by atoms with Crippen LogP contribution in [0.5, 0.6) is 5.75 Å². The van der Waals surface area contributed by atoms with Crippen molar-refractivity contribution in [1.29, 1.82) is 0 Å². The van der Waals surface area contributed by atoms with Gasteiger partial charge in [-0.1, -0.05) is 12.1 Å². The molecule has 0 aliphatic rings. The maximum absolute atomic E-state index is 12.1. The van der Waals surface area contributed by atoms with E-state index in [9.17, 15) is 9.59 Å². The van der Waals surface area contributed by atoms with Crippen LogP contribution in [0.2, 0.25) is 0 Å². The number of likely N-dealkylation sites (N-methyl/N-ethyl adjacent to an activating group) is 1. The average molecular weight is 403 g/mol. The van der Waals surface area contributed by atoms with Crippen LogP contribution in [-0.4, -0.2) is 78.9 Å². The number of carbonyl (C=O) groups is 2. The summed E-state index contributed by atoms with van der Waals surface area (Å²) < 4.78 is 16.5. The van der Waals surface area contributed by atoms with Gasteiger partial charge in [-0.2, -0.15) is 0 Å². The van der Waals surface area contributed by atoms with Gasteiger partial charge in [0.05, 0.1) is 19.3 Å². The first-order chi connectivity index (χ1) is 14.1. The van der Waals surface area contributed by atoms with Gasteiger partial charge >= 0.3 is 0 Å². The van der Waals surface area contributed by atoms with Gasteiger partial charge in [-0.05, 0) is 32.2 Å². The Morgan fingerprint density at radius 3 is 2.79 bits per heavy atom. The SMILES string of the molecule is [B]/C=C/CNC(=O)COCCOC(C)COc1cccc(C(=O)NCCNC)c1. The summed E-state index contributed by atoms with van der Waals surface area (Å²) in [5.74, 6) is 1.61. The number of nitrogens with one attached hydrogen (secondary N) is 3. The smallest absolute Gasteiger partial charge is 0.251 e. The van der Waals surface area contributed by atoms with E-state index in [0.29, 0.717) is 50.8 Å². The molecule has 1 aromatic carbocycles. The summed E-state index contributed by atoms with van der Waals surface area (Å²) in [4.78, 5) is 23.5. The molecule has 2 radical (unpaired) electrons. The summed E-state index contributed by atoms with van der Waals surface area (Å²) in [6.45, 7) is 4.45. The van der Waals surface area contributed by atoms with E-state index in [1.54, 1.807) is 30.3 Å². The lowest BCUT2D eigenvalue weighted by atomic mass is 10.1. The summed E-state index contributed by atoms with van der Waals surface area (Å²) >= 11 is 0. The predicted molar refractivity (Wildman–Crippen MR) is 112 cm³/mol. The van der Waals surface area contributed by atoms with E-state index in [0.717, 1.165) is 0 Å². The van der Waals surface area contributed by atoms with Gasteiger partial charge in [0.2, 0.25) is 5.91 Å². The first-order valence-electron chi connectivity index (χ1n) is 9.55. The van der Waals surface area contributed by atoms with Gasteiger partial charge in [0.1, 0.15) is 26.8 Å². The molecule has 0 aromatic heterocycles. The van der Waals surface area contributed by atoms with Crippen molar-refractivity contribution < 1.29 is 23.8 Å². The van der Waals surface area contributed by atoms with Gasteiger partial charge in [0.15, 0.2) is 0 Å². The molecule has 1 unspecified atom stereocenters. The van der Waals surface area contributed by atoms with Crippen molar-refractivity contribution in [2.24, 2.45) is 0 Å². The monoisotopic (exact) mass is 403 g/mol. The van der Waals surface area contributed by atoms with E-state index in [-0.39, 0.29) is 24.5 Å². The highest BCUT2D eigenvalue weighted by Gasteiger charge is 2.08. The lowest BCUT2D eigenvalue weighted by Crippen LogP contribution is -2.30. The molecule has 0 saturated heterocycles. The molecule has 1 atom stereocenters. The van der Waals surface area contributed by atoms with Crippen molar-refractivity contribution in [2.45, 2.75) is 13.0 Å². The lowest BCUT2D eigenvalue weighted by Gasteiger charge is -2.15. The quantitative estimate of drug-likeness (QED) is 0.287. The molecule has 0 heterocycles. The zero-order chi connectivity index (χ0) is 21.3. The molecule has 158 valence electrons. The van der Waals surface area contributed by atoms with Crippen molar-refractivity contribution in [1.82, 2.24) is 16.0 Å². The Balaban J connectivity index is 2.21. The summed E-state index contributed by atoms with van der Waals surface area (Å²) in [7, 11) is 7.01. The van der Waals surface area contributed by atoms with Crippen LogP contribution in [-0.2, 0) is 14.3 Å². The zero-order valence-corrected chi connectivity index (χ0v) is 17.1. The fraction of sp³-hybridized carbons (Fsp3) is 0.500. The third kappa shape index (κ3) is 11.9. The number of carbonyl (C=O) groups excluding carboxylic acids is 2. The third-order valence-corrected chi connectivity index (χ3v) is 3.66. The molecule has 0 bridgehead atoms.